The molecule has 0 radical (unpaired) electrons. The van der Waals surface area contributed by atoms with Gasteiger partial charge in [-0.3, -0.25) is 0 Å². The summed E-state index contributed by atoms with van der Waals surface area (Å²) in [6.07, 6.45) is 5.13. The zero-order chi connectivity index (χ0) is 19.0. The number of hydrogen-bond acceptors (Lipinski definition) is 3. The van der Waals surface area contributed by atoms with Crippen molar-refractivity contribution < 1.29 is 9.00 Å². The van der Waals surface area contributed by atoms with E-state index in [1.807, 2.05) is 19.2 Å². The fraction of sp³-hybridized carbons (Fsp3) is 0.350. The van der Waals surface area contributed by atoms with Gasteiger partial charge in [0, 0.05) is 12.2 Å². The van der Waals surface area contributed by atoms with Crippen LogP contribution in [0.1, 0.15) is 34.2 Å². The summed E-state index contributed by atoms with van der Waals surface area (Å²) in [6.45, 7) is 0.702. The molecule has 2 aliphatic rings. The Morgan fingerprint density at radius 2 is 1.81 bits per heavy atom. The van der Waals surface area contributed by atoms with Gasteiger partial charge in [-0.25, -0.2) is 14.1 Å². The third kappa shape index (κ3) is 3.50. The molecular formula is C20H24N4O2S. The van der Waals surface area contributed by atoms with Crippen molar-refractivity contribution in [2.45, 2.75) is 43.5 Å². The van der Waals surface area contributed by atoms with Gasteiger partial charge in [-0.15, -0.1) is 4.36 Å². The van der Waals surface area contributed by atoms with Crippen molar-refractivity contribution in [3.8, 4) is 0 Å². The number of amides is 2. The van der Waals surface area contributed by atoms with Gasteiger partial charge in [-0.05, 0) is 79.1 Å². The quantitative estimate of drug-likeness (QED) is 0.756. The lowest BCUT2D eigenvalue weighted by Gasteiger charge is -2.25. The molecule has 4 rings (SSSR count). The Balaban J connectivity index is 1.60. The number of rotatable bonds is 4. The number of aryl methyl sites for hydroxylation is 2. The summed E-state index contributed by atoms with van der Waals surface area (Å²) < 4.78 is 16.6. The summed E-state index contributed by atoms with van der Waals surface area (Å²) in [4.78, 5) is 12.9. The van der Waals surface area contributed by atoms with E-state index in [0.717, 1.165) is 43.4 Å². The lowest BCUT2D eigenvalue weighted by Crippen LogP contribution is -2.21. The van der Waals surface area contributed by atoms with Crippen LogP contribution >= 0.6 is 0 Å². The Hall–Kier alpha value is -2.22. The molecule has 2 amide bonds. The van der Waals surface area contributed by atoms with Crippen LogP contribution in [-0.2, 0) is 42.1 Å². The summed E-state index contributed by atoms with van der Waals surface area (Å²) in [5.74, 6) is 0. The second-order valence-corrected chi connectivity index (χ2v) is 8.94. The molecule has 0 aromatic heterocycles. The molecule has 2 aromatic rings. The lowest BCUT2D eigenvalue weighted by molar-refractivity contribution is 0.260. The van der Waals surface area contributed by atoms with Gasteiger partial charge in [0.15, 0.2) is 0 Å². The van der Waals surface area contributed by atoms with Crippen molar-refractivity contribution in [1.29, 1.82) is 0 Å². The molecule has 7 heteroatoms. The number of fused-ring (bicyclic) bond motifs is 2. The second-order valence-electron chi connectivity index (χ2n) is 7.14. The third-order valence-corrected chi connectivity index (χ3v) is 6.72. The van der Waals surface area contributed by atoms with Crippen LogP contribution in [0.15, 0.2) is 39.6 Å². The van der Waals surface area contributed by atoms with Gasteiger partial charge in [0.05, 0.1) is 4.90 Å². The highest BCUT2D eigenvalue weighted by Gasteiger charge is 2.26. The topological polar surface area (TPSA) is 96.6 Å². The van der Waals surface area contributed by atoms with Crippen LogP contribution in [0.4, 0.5) is 10.5 Å². The molecule has 0 aliphatic heterocycles. The third-order valence-electron chi connectivity index (χ3n) is 5.34. The maximum absolute atomic E-state index is 12.8. The molecular weight excluding hydrogens is 360 g/mol. The Kier molecular flexibility index (Phi) is 4.75. The van der Waals surface area contributed by atoms with Gasteiger partial charge in [0.2, 0.25) is 0 Å². The number of carbonyl (C=O) groups excluding carboxylic acids is 1. The Morgan fingerprint density at radius 3 is 2.48 bits per heavy atom. The van der Waals surface area contributed by atoms with Crippen LogP contribution in [0.25, 0.3) is 0 Å². The van der Waals surface area contributed by atoms with E-state index in [1.54, 1.807) is 12.1 Å². The van der Waals surface area contributed by atoms with E-state index in [-0.39, 0.29) is 0 Å². The minimum atomic E-state index is -3.29. The van der Waals surface area contributed by atoms with Crippen molar-refractivity contribution >= 4 is 21.6 Å². The number of hydrogen-bond donors (Lipinski definition) is 3. The van der Waals surface area contributed by atoms with Crippen LogP contribution in [0, 0.1) is 0 Å². The van der Waals surface area contributed by atoms with Gasteiger partial charge in [-0.2, -0.15) is 0 Å². The maximum Gasteiger partial charge on any atom is 0.354 e. The summed E-state index contributed by atoms with van der Waals surface area (Å²) in [7, 11) is -1.43. The van der Waals surface area contributed by atoms with E-state index < -0.39 is 15.9 Å². The van der Waals surface area contributed by atoms with Crippen LogP contribution in [-0.4, -0.2) is 17.3 Å². The molecule has 142 valence electrons. The van der Waals surface area contributed by atoms with Crippen molar-refractivity contribution in [3.63, 3.8) is 0 Å². The molecule has 0 fully saturated rings. The molecule has 0 saturated carbocycles. The predicted molar refractivity (Wildman–Crippen MR) is 107 cm³/mol. The minimum absolute atomic E-state index is 0.351. The number of carbonyl (C=O) groups is 1. The molecule has 4 N–H and O–H groups in total. The monoisotopic (exact) mass is 384 g/mol. The number of nitrogens with two attached hydrogens (primary N) is 1. The second kappa shape index (κ2) is 7.07. The fourth-order valence-corrected chi connectivity index (χ4v) is 4.83. The molecule has 0 heterocycles. The highest BCUT2D eigenvalue weighted by molar-refractivity contribution is 7.91. The summed E-state index contributed by atoms with van der Waals surface area (Å²) in [6, 6.07) is 8.62. The molecule has 2 aliphatic carbocycles. The van der Waals surface area contributed by atoms with E-state index in [0.29, 0.717) is 11.4 Å². The Bertz CT molecular complexity index is 1020. The van der Waals surface area contributed by atoms with Crippen LogP contribution in [0.3, 0.4) is 0 Å². The fourth-order valence-electron chi connectivity index (χ4n) is 3.91. The van der Waals surface area contributed by atoms with Gasteiger partial charge in [0.1, 0.15) is 9.92 Å². The highest BCUT2D eigenvalue weighted by Crippen LogP contribution is 2.39. The first-order valence-electron chi connectivity index (χ1n) is 9.24. The largest absolute Gasteiger partial charge is 0.354 e. The van der Waals surface area contributed by atoms with Crippen molar-refractivity contribution in [2.24, 2.45) is 9.50 Å². The summed E-state index contributed by atoms with van der Waals surface area (Å²) in [5.41, 5.74) is 6.94. The number of nitrogens with one attached hydrogen (secondary N) is 2. The number of anilines is 1. The van der Waals surface area contributed by atoms with E-state index >= 15 is 0 Å². The SMILES string of the molecule is CNCc1ccc(S(N)(=O)=NC(=O)Nc2c3c(cc4c2CC4)CCC3)cc1. The van der Waals surface area contributed by atoms with E-state index in [4.69, 9.17) is 5.14 Å². The lowest BCUT2D eigenvalue weighted by atomic mass is 9.83. The zero-order valence-corrected chi connectivity index (χ0v) is 16.2. The summed E-state index contributed by atoms with van der Waals surface area (Å²) in [5, 5.41) is 11.8. The van der Waals surface area contributed by atoms with Gasteiger partial charge < -0.3 is 10.6 Å². The van der Waals surface area contributed by atoms with Gasteiger partial charge >= 0.3 is 6.03 Å². The zero-order valence-electron chi connectivity index (χ0n) is 15.4. The average Bonchev–Trinajstić information content (AvgIpc) is 3.06. The number of urea groups is 1. The highest BCUT2D eigenvalue weighted by atomic mass is 32.2. The molecule has 1 unspecified atom stereocenters. The first-order chi connectivity index (χ1) is 13.0. The van der Waals surface area contributed by atoms with Crippen LogP contribution in [0.2, 0.25) is 0 Å². The summed E-state index contributed by atoms with van der Waals surface area (Å²) >= 11 is 0. The van der Waals surface area contributed by atoms with Crippen LogP contribution < -0.4 is 15.8 Å². The molecule has 0 saturated heterocycles. The Labute approximate surface area is 159 Å². The smallest absolute Gasteiger partial charge is 0.316 e. The minimum Gasteiger partial charge on any atom is -0.316 e. The van der Waals surface area contributed by atoms with Gasteiger partial charge in [0.25, 0.3) is 0 Å². The number of benzene rings is 2. The normalized spacial score (nSPS) is 16.7. The van der Waals surface area contributed by atoms with Crippen molar-refractivity contribution in [2.75, 3.05) is 12.4 Å². The molecule has 0 spiro atoms. The average molecular weight is 385 g/mol. The standard InChI is InChI=1S/C20H24N4O2S/c1-22-12-13-5-8-16(9-6-13)27(21,26)24-20(25)23-19-17-4-2-3-14(17)11-15-7-10-18(15)19/h5-6,8-9,11,22H,2-4,7,10,12H2,1H3,(H3,21,23,24,25,26). The van der Waals surface area contributed by atoms with E-state index in [9.17, 15) is 9.00 Å². The molecule has 0 bridgehead atoms. The van der Waals surface area contributed by atoms with E-state index in [1.165, 1.54) is 22.3 Å². The molecule has 27 heavy (non-hydrogen) atoms. The predicted octanol–water partition coefficient (Wildman–Crippen LogP) is 2.93. The molecule has 1 atom stereocenters. The van der Waals surface area contributed by atoms with Crippen molar-refractivity contribution in [3.05, 3.63) is 58.1 Å². The van der Waals surface area contributed by atoms with Crippen LogP contribution in [0.5, 0.6) is 0 Å². The van der Waals surface area contributed by atoms with Crippen molar-refractivity contribution in [1.82, 2.24) is 5.32 Å². The first kappa shape index (κ1) is 18.2. The maximum atomic E-state index is 12.8. The first-order valence-corrected chi connectivity index (χ1v) is 10.8. The van der Waals surface area contributed by atoms with Gasteiger partial charge in [-0.1, -0.05) is 18.2 Å². The van der Waals surface area contributed by atoms with E-state index in [2.05, 4.69) is 21.1 Å². The Morgan fingerprint density at radius 1 is 1.11 bits per heavy atom. The number of nitrogens with zero attached hydrogens (tertiary/aromatic N) is 1. The molecule has 6 nitrogen and oxygen atoms in total. The molecule has 2 aromatic carbocycles.